The Morgan fingerprint density at radius 1 is 1.12 bits per heavy atom. The van der Waals surface area contributed by atoms with Gasteiger partial charge in [0.1, 0.15) is 5.75 Å². The number of piperidine rings is 1. The second-order valence-electron chi connectivity index (χ2n) is 6.40. The van der Waals surface area contributed by atoms with E-state index in [0.717, 1.165) is 49.2 Å². The van der Waals surface area contributed by atoms with Crippen LogP contribution in [-0.2, 0) is 11.2 Å². The van der Waals surface area contributed by atoms with Crippen LogP contribution in [0.1, 0.15) is 37.0 Å². The van der Waals surface area contributed by atoms with Crippen LogP contribution in [0, 0.1) is 0 Å². The summed E-state index contributed by atoms with van der Waals surface area (Å²) >= 11 is 0. The Kier molecular flexibility index (Phi) is 6.07. The quantitative estimate of drug-likeness (QED) is 0.850. The van der Waals surface area contributed by atoms with Gasteiger partial charge in [-0.15, -0.1) is 0 Å². The molecule has 25 heavy (non-hydrogen) atoms. The van der Waals surface area contributed by atoms with Crippen molar-refractivity contribution in [3.63, 3.8) is 0 Å². The van der Waals surface area contributed by atoms with Crippen molar-refractivity contribution >= 4 is 5.91 Å². The van der Waals surface area contributed by atoms with Gasteiger partial charge in [-0.05, 0) is 44.0 Å². The van der Waals surface area contributed by atoms with Crippen molar-refractivity contribution in [3.05, 3.63) is 65.7 Å². The topological polar surface area (TPSA) is 50.4 Å². The van der Waals surface area contributed by atoms with Crippen molar-refractivity contribution in [1.29, 1.82) is 0 Å². The van der Waals surface area contributed by atoms with E-state index in [1.165, 1.54) is 0 Å². The Morgan fingerprint density at radius 2 is 1.80 bits per heavy atom. The lowest BCUT2D eigenvalue weighted by Gasteiger charge is -2.27. The monoisotopic (exact) mass is 338 g/mol. The summed E-state index contributed by atoms with van der Waals surface area (Å²) in [6.45, 7) is 3.98. The summed E-state index contributed by atoms with van der Waals surface area (Å²) in [6, 6.07) is 17.9. The lowest BCUT2D eigenvalue weighted by atomic mass is 10.0. The van der Waals surface area contributed by atoms with Crippen LogP contribution >= 0.6 is 0 Å². The van der Waals surface area contributed by atoms with E-state index in [1.54, 1.807) is 0 Å². The SMILES string of the molecule is CCc1ccccc1OC(C(=O)NC1CCNCC1)c1ccccc1. The number of carbonyl (C=O) groups excluding carboxylic acids is 1. The average molecular weight is 338 g/mol. The number of nitrogens with one attached hydrogen (secondary N) is 2. The highest BCUT2D eigenvalue weighted by Gasteiger charge is 2.26. The van der Waals surface area contributed by atoms with Gasteiger partial charge in [-0.1, -0.05) is 55.5 Å². The molecule has 2 aromatic carbocycles. The zero-order valence-corrected chi connectivity index (χ0v) is 14.7. The fraction of sp³-hybridized carbons (Fsp3) is 0.381. The van der Waals surface area contributed by atoms with Crippen LogP contribution < -0.4 is 15.4 Å². The molecule has 2 aromatic rings. The molecule has 1 heterocycles. The summed E-state index contributed by atoms with van der Waals surface area (Å²) in [6.07, 6.45) is 2.15. The minimum Gasteiger partial charge on any atom is -0.476 e. The fourth-order valence-electron chi connectivity index (χ4n) is 3.18. The molecule has 1 amide bonds. The number of hydrogen-bond acceptors (Lipinski definition) is 3. The first kappa shape index (κ1) is 17.5. The molecule has 0 radical (unpaired) electrons. The zero-order valence-electron chi connectivity index (χ0n) is 14.7. The van der Waals surface area contributed by atoms with E-state index in [4.69, 9.17) is 4.74 Å². The summed E-state index contributed by atoms with van der Waals surface area (Å²) < 4.78 is 6.20. The molecule has 0 aromatic heterocycles. The van der Waals surface area contributed by atoms with Crippen LogP contribution in [0.25, 0.3) is 0 Å². The second-order valence-corrected chi connectivity index (χ2v) is 6.40. The number of benzene rings is 2. The summed E-state index contributed by atoms with van der Waals surface area (Å²) in [4.78, 5) is 13.0. The number of para-hydroxylation sites is 1. The van der Waals surface area contributed by atoms with Gasteiger partial charge in [0.05, 0.1) is 0 Å². The molecule has 2 N–H and O–H groups in total. The molecular weight excluding hydrogens is 312 g/mol. The van der Waals surface area contributed by atoms with E-state index in [-0.39, 0.29) is 11.9 Å². The predicted molar refractivity (Wildman–Crippen MR) is 99.7 cm³/mol. The lowest BCUT2D eigenvalue weighted by molar-refractivity contribution is -0.129. The minimum atomic E-state index is -0.635. The van der Waals surface area contributed by atoms with E-state index >= 15 is 0 Å². The normalized spacial score (nSPS) is 16.2. The highest BCUT2D eigenvalue weighted by molar-refractivity contribution is 5.83. The highest BCUT2D eigenvalue weighted by Crippen LogP contribution is 2.26. The third-order valence-corrected chi connectivity index (χ3v) is 4.62. The summed E-state index contributed by atoms with van der Waals surface area (Å²) in [5.41, 5.74) is 1.98. The van der Waals surface area contributed by atoms with Gasteiger partial charge in [-0.25, -0.2) is 0 Å². The Labute approximate surface area is 149 Å². The van der Waals surface area contributed by atoms with Crippen LogP contribution in [0.15, 0.2) is 54.6 Å². The van der Waals surface area contributed by atoms with Gasteiger partial charge < -0.3 is 15.4 Å². The van der Waals surface area contributed by atoms with E-state index < -0.39 is 6.10 Å². The number of amides is 1. The molecular formula is C21H26N2O2. The van der Waals surface area contributed by atoms with Crippen molar-refractivity contribution in [2.45, 2.75) is 38.3 Å². The van der Waals surface area contributed by atoms with Gasteiger partial charge >= 0.3 is 0 Å². The average Bonchev–Trinajstić information content (AvgIpc) is 2.67. The van der Waals surface area contributed by atoms with Crippen molar-refractivity contribution in [1.82, 2.24) is 10.6 Å². The minimum absolute atomic E-state index is 0.0657. The fourth-order valence-corrected chi connectivity index (χ4v) is 3.18. The predicted octanol–water partition coefficient (Wildman–Crippen LogP) is 3.24. The number of hydrogen-bond donors (Lipinski definition) is 2. The van der Waals surface area contributed by atoms with Crippen LogP contribution in [-0.4, -0.2) is 25.0 Å². The molecule has 4 heteroatoms. The van der Waals surface area contributed by atoms with Gasteiger partial charge in [-0.3, -0.25) is 4.79 Å². The van der Waals surface area contributed by atoms with Gasteiger partial charge in [0, 0.05) is 11.6 Å². The summed E-state index contributed by atoms with van der Waals surface area (Å²) in [5.74, 6) is 0.711. The Morgan fingerprint density at radius 3 is 2.52 bits per heavy atom. The molecule has 1 unspecified atom stereocenters. The van der Waals surface area contributed by atoms with Gasteiger partial charge in [-0.2, -0.15) is 0 Å². The van der Waals surface area contributed by atoms with Gasteiger partial charge in [0.25, 0.3) is 5.91 Å². The van der Waals surface area contributed by atoms with Gasteiger partial charge in [0.15, 0.2) is 0 Å². The molecule has 1 aliphatic rings. The van der Waals surface area contributed by atoms with E-state index in [2.05, 4.69) is 17.6 Å². The third kappa shape index (κ3) is 4.60. The molecule has 132 valence electrons. The zero-order chi connectivity index (χ0) is 17.5. The first-order valence-electron chi connectivity index (χ1n) is 9.08. The molecule has 1 saturated heterocycles. The molecule has 1 fully saturated rings. The maximum atomic E-state index is 13.0. The Bertz CT molecular complexity index is 681. The van der Waals surface area contributed by atoms with Crippen molar-refractivity contribution in [3.8, 4) is 5.75 Å². The molecule has 1 atom stereocenters. The number of carbonyl (C=O) groups is 1. The smallest absolute Gasteiger partial charge is 0.266 e. The second kappa shape index (κ2) is 8.67. The van der Waals surface area contributed by atoms with E-state index in [9.17, 15) is 4.79 Å². The molecule has 0 spiro atoms. The molecule has 0 saturated carbocycles. The van der Waals surface area contributed by atoms with E-state index in [0.29, 0.717) is 0 Å². The molecule has 3 rings (SSSR count). The third-order valence-electron chi connectivity index (χ3n) is 4.62. The van der Waals surface area contributed by atoms with Crippen LogP contribution in [0.3, 0.4) is 0 Å². The maximum absolute atomic E-state index is 13.0. The molecule has 4 nitrogen and oxygen atoms in total. The van der Waals surface area contributed by atoms with Crippen LogP contribution in [0.5, 0.6) is 5.75 Å². The first-order chi connectivity index (χ1) is 12.3. The molecule has 0 aliphatic carbocycles. The largest absolute Gasteiger partial charge is 0.476 e. The number of ether oxygens (including phenoxy) is 1. The van der Waals surface area contributed by atoms with Crippen molar-refractivity contribution < 1.29 is 9.53 Å². The van der Waals surface area contributed by atoms with Crippen LogP contribution in [0.2, 0.25) is 0 Å². The standard InChI is InChI=1S/C21H26N2O2/c1-2-16-8-6-7-11-19(16)25-20(17-9-4-3-5-10-17)21(24)23-18-12-14-22-15-13-18/h3-11,18,20,22H,2,12-15H2,1H3,(H,23,24). The van der Waals surface area contributed by atoms with Gasteiger partial charge in [0.2, 0.25) is 6.10 Å². The van der Waals surface area contributed by atoms with Crippen LogP contribution in [0.4, 0.5) is 0 Å². The molecule has 1 aliphatic heterocycles. The Hall–Kier alpha value is -2.33. The number of aryl methyl sites for hydroxylation is 1. The van der Waals surface area contributed by atoms with Crippen molar-refractivity contribution in [2.75, 3.05) is 13.1 Å². The maximum Gasteiger partial charge on any atom is 0.266 e. The lowest BCUT2D eigenvalue weighted by Crippen LogP contribution is -2.45. The number of rotatable bonds is 6. The Balaban J connectivity index is 1.81. The molecule has 0 bridgehead atoms. The van der Waals surface area contributed by atoms with Crippen molar-refractivity contribution in [2.24, 2.45) is 0 Å². The van der Waals surface area contributed by atoms with E-state index in [1.807, 2.05) is 54.6 Å². The summed E-state index contributed by atoms with van der Waals surface area (Å²) in [7, 11) is 0. The first-order valence-corrected chi connectivity index (χ1v) is 9.08. The highest BCUT2D eigenvalue weighted by atomic mass is 16.5. The summed E-state index contributed by atoms with van der Waals surface area (Å²) in [5, 5.41) is 6.49.